The minimum absolute atomic E-state index is 0.0712. The van der Waals surface area contributed by atoms with Crippen molar-refractivity contribution in [3.05, 3.63) is 70.8 Å². The van der Waals surface area contributed by atoms with Gasteiger partial charge in [0.05, 0.1) is 6.54 Å². The fourth-order valence-electron chi connectivity index (χ4n) is 2.08. The summed E-state index contributed by atoms with van der Waals surface area (Å²) in [7, 11) is 0. The summed E-state index contributed by atoms with van der Waals surface area (Å²) in [4.78, 5) is 12.0. The number of aryl methyl sites for hydroxylation is 1. The van der Waals surface area contributed by atoms with Crippen LogP contribution >= 0.6 is 0 Å². The molecule has 116 valence electrons. The van der Waals surface area contributed by atoms with E-state index in [4.69, 9.17) is 0 Å². The number of hydrogen-bond donors (Lipinski definition) is 2. The summed E-state index contributed by atoms with van der Waals surface area (Å²) in [5.41, 5.74) is -0.242. The molecule has 0 fully saturated rings. The highest BCUT2D eigenvalue weighted by molar-refractivity contribution is 5.94. The molecule has 0 radical (unpaired) electrons. The molecule has 1 atom stereocenters. The van der Waals surface area contributed by atoms with Gasteiger partial charge in [-0.15, -0.1) is 0 Å². The van der Waals surface area contributed by atoms with E-state index in [0.29, 0.717) is 11.6 Å². The maximum Gasteiger partial charge on any atom is 0.251 e. The quantitative estimate of drug-likeness (QED) is 0.912. The fourth-order valence-corrected chi connectivity index (χ4v) is 2.08. The number of halogens is 2. The molecule has 22 heavy (non-hydrogen) atoms. The summed E-state index contributed by atoms with van der Waals surface area (Å²) in [5, 5.41) is 12.9. The van der Waals surface area contributed by atoms with E-state index < -0.39 is 17.2 Å². The monoisotopic (exact) mass is 305 g/mol. The van der Waals surface area contributed by atoms with Crippen LogP contribution in [0.2, 0.25) is 0 Å². The Hall–Kier alpha value is -2.27. The number of amides is 1. The third-order valence-electron chi connectivity index (χ3n) is 3.42. The Bertz CT molecular complexity index is 682. The highest BCUT2D eigenvalue weighted by Crippen LogP contribution is 2.23. The van der Waals surface area contributed by atoms with Gasteiger partial charge in [0.2, 0.25) is 0 Å². The molecule has 2 aromatic carbocycles. The molecule has 2 aromatic rings. The Morgan fingerprint density at radius 1 is 1.18 bits per heavy atom. The first-order valence-electron chi connectivity index (χ1n) is 6.82. The second-order valence-electron chi connectivity index (χ2n) is 5.45. The zero-order valence-electron chi connectivity index (χ0n) is 12.4. The highest BCUT2D eigenvalue weighted by Gasteiger charge is 2.27. The summed E-state index contributed by atoms with van der Waals surface area (Å²) >= 11 is 0. The van der Waals surface area contributed by atoms with Crippen LogP contribution in [0.3, 0.4) is 0 Å². The van der Waals surface area contributed by atoms with Crippen LogP contribution in [0.5, 0.6) is 0 Å². The fraction of sp³-hybridized carbons (Fsp3) is 0.235. The molecule has 2 N–H and O–H groups in total. The van der Waals surface area contributed by atoms with E-state index in [9.17, 15) is 18.7 Å². The lowest BCUT2D eigenvalue weighted by Crippen LogP contribution is -2.39. The van der Waals surface area contributed by atoms with Crippen LogP contribution in [0.4, 0.5) is 8.78 Å². The number of nitrogens with one attached hydrogen (secondary N) is 1. The van der Waals surface area contributed by atoms with Gasteiger partial charge in [-0.1, -0.05) is 23.8 Å². The van der Waals surface area contributed by atoms with E-state index in [1.165, 1.54) is 13.0 Å². The van der Waals surface area contributed by atoms with Crippen molar-refractivity contribution in [2.45, 2.75) is 19.4 Å². The van der Waals surface area contributed by atoms with Crippen LogP contribution in [0.15, 0.2) is 42.5 Å². The summed E-state index contributed by atoms with van der Waals surface area (Å²) in [5.74, 6) is -1.95. The number of hydrogen-bond acceptors (Lipinski definition) is 2. The molecule has 0 saturated heterocycles. The van der Waals surface area contributed by atoms with Crippen LogP contribution in [-0.2, 0) is 5.60 Å². The van der Waals surface area contributed by atoms with Gasteiger partial charge < -0.3 is 10.4 Å². The number of benzene rings is 2. The van der Waals surface area contributed by atoms with Crippen LogP contribution < -0.4 is 5.32 Å². The second kappa shape index (κ2) is 6.23. The smallest absolute Gasteiger partial charge is 0.251 e. The summed E-state index contributed by atoms with van der Waals surface area (Å²) < 4.78 is 26.6. The second-order valence-corrected chi connectivity index (χ2v) is 5.45. The molecule has 3 nitrogen and oxygen atoms in total. The van der Waals surface area contributed by atoms with Gasteiger partial charge in [-0.3, -0.25) is 4.79 Å². The van der Waals surface area contributed by atoms with Gasteiger partial charge in [0.25, 0.3) is 5.91 Å². The lowest BCUT2D eigenvalue weighted by atomic mass is 9.95. The zero-order chi connectivity index (χ0) is 16.3. The van der Waals surface area contributed by atoms with E-state index in [1.54, 1.807) is 24.3 Å². The minimum Gasteiger partial charge on any atom is -0.383 e. The first kappa shape index (κ1) is 16.1. The van der Waals surface area contributed by atoms with Crippen molar-refractivity contribution in [2.24, 2.45) is 0 Å². The van der Waals surface area contributed by atoms with Crippen molar-refractivity contribution in [1.82, 2.24) is 5.32 Å². The Morgan fingerprint density at radius 2 is 1.82 bits per heavy atom. The molecule has 0 aromatic heterocycles. The van der Waals surface area contributed by atoms with E-state index in [1.807, 2.05) is 6.92 Å². The van der Waals surface area contributed by atoms with Crippen LogP contribution in [-0.4, -0.2) is 17.6 Å². The maximum absolute atomic E-state index is 13.7. The van der Waals surface area contributed by atoms with Crippen molar-refractivity contribution < 1.29 is 18.7 Å². The number of aliphatic hydroxyl groups is 1. The summed E-state index contributed by atoms with van der Waals surface area (Å²) in [6, 6.07) is 9.86. The Balaban J connectivity index is 2.08. The van der Waals surface area contributed by atoms with E-state index >= 15 is 0 Å². The SMILES string of the molecule is Cc1ccc(C(=O)NCC(C)(O)c2ccc(F)cc2F)cc1. The number of rotatable bonds is 4. The van der Waals surface area contributed by atoms with E-state index in [2.05, 4.69) is 5.32 Å². The third-order valence-corrected chi connectivity index (χ3v) is 3.42. The average molecular weight is 305 g/mol. The van der Waals surface area contributed by atoms with Gasteiger partial charge >= 0.3 is 0 Å². The molecule has 0 spiro atoms. The lowest BCUT2D eigenvalue weighted by molar-refractivity contribution is 0.0494. The van der Waals surface area contributed by atoms with Gasteiger partial charge in [0.1, 0.15) is 17.2 Å². The molecule has 0 heterocycles. The highest BCUT2D eigenvalue weighted by atomic mass is 19.1. The van der Waals surface area contributed by atoms with Crippen LogP contribution in [0.25, 0.3) is 0 Å². The van der Waals surface area contributed by atoms with Gasteiger partial charge in [0, 0.05) is 17.2 Å². The summed E-state index contributed by atoms with van der Waals surface area (Å²) in [6.07, 6.45) is 0. The molecule has 0 aliphatic rings. The van der Waals surface area contributed by atoms with Crippen molar-refractivity contribution in [3.63, 3.8) is 0 Å². The average Bonchev–Trinajstić information content (AvgIpc) is 2.45. The third kappa shape index (κ3) is 3.68. The lowest BCUT2D eigenvalue weighted by Gasteiger charge is -2.24. The largest absolute Gasteiger partial charge is 0.383 e. The predicted molar refractivity (Wildman–Crippen MR) is 79.4 cm³/mol. The maximum atomic E-state index is 13.7. The molecule has 0 saturated carbocycles. The number of carbonyl (C=O) groups is 1. The number of carbonyl (C=O) groups excluding carboxylic acids is 1. The molecule has 0 bridgehead atoms. The van der Waals surface area contributed by atoms with Crippen molar-refractivity contribution in [3.8, 4) is 0 Å². The molecular weight excluding hydrogens is 288 g/mol. The normalized spacial score (nSPS) is 13.5. The van der Waals surface area contributed by atoms with Crippen LogP contribution in [0.1, 0.15) is 28.4 Å². The minimum atomic E-state index is -1.64. The Morgan fingerprint density at radius 3 is 2.41 bits per heavy atom. The molecule has 2 rings (SSSR count). The van der Waals surface area contributed by atoms with Crippen LogP contribution in [0, 0.1) is 18.6 Å². The molecule has 0 aliphatic carbocycles. The Labute approximate surface area is 127 Å². The van der Waals surface area contributed by atoms with Gasteiger partial charge in [0.15, 0.2) is 0 Å². The first-order chi connectivity index (χ1) is 10.3. The molecule has 1 unspecified atom stereocenters. The van der Waals surface area contributed by atoms with Crippen molar-refractivity contribution in [2.75, 3.05) is 6.54 Å². The van der Waals surface area contributed by atoms with Gasteiger partial charge in [-0.25, -0.2) is 8.78 Å². The van der Waals surface area contributed by atoms with Crippen molar-refractivity contribution in [1.29, 1.82) is 0 Å². The van der Waals surface area contributed by atoms with E-state index in [0.717, 1.165) is 11.6 Å². The predicted octanol–water partition coefficient (Wildman–Crippen LogP) is 2.91. The van der Waals surface area contributed by atoms with Crippen molar-refractivity contribution >= 4 is 5.91 Å². The summed E-state index contributed by atoms with van der Waals surface area (Å²) in [6.45, 7) is 3.07. The Kier molecular flexibility index (Phi) is 4.56. The zero-order valence-corrected chi connectivity index (χ0v) is 12.4. The molecule has 5 heteroatoms. The molecule has 0 aliphatic heterocycles. The van der Waals surface area contributed by atoms with E-state index in [-0.39, 0.29) is 18.0 Å². The van der Waals surface area contributed by atoms with Gasteiger partial charge in [-0.2, -0.15) is 0 Å². The molecule has 1 amide bonds. The first-order valence-corrected chi connectivity index (χ1v) is 6.82. The molecular formula is C17H17F2NO2. The topological polar surface area (TPSA) is 49.3 Å². The standard InChI is InChI=1S/C17H17F2NO2/c1-11-3-5-12(6-4-11)16(21)20-10-17(2,22)14-8-7-13(18)9-15(14)19/h3-9,22H,10H2,1-2H3,(H,20,21). The van der Waals surface area contributed by atoms with Gasteiger partial charge in [-0.05, 0) is 32.0 Å².